The molecule has 2 aliphatic rings. The second-order valence-corrected chi connectivity index (χ2v) is 5.49. The van der Waals surface area contributed by atoms with Crippen molar-refractivity contribution in [1.29, 1.82) is 0 Å². The van der Waals surface area contributed by atoms with Crippen molar-refractivity contribution in [2.45, 2.75) is 37.8 Å². The van der Waals surface area contributed by atoms with Gasteiger partial charge in [-0.2, -0.15) is 0 Å². The van der Waals surface area contributed by atoms with Crippen LogP contribution in [0.4, 0.5) is 8.78 Å². The quantitative estimate of drug-likeness (QED) is 0.882. The van der Waals surface area contributed by atoms with Crippen molar-refractivity contribution in [1.82, 2.24) is 5.32 Å². The van der Waals surface area contributed by atoms with Gasteiger partial charge in [0.1, 0.15) is 0 Å². The number of hydrogen-bond donors (Lipinski definition) is 1. The van der Waals surface area contributed by atoms with Gasteiger partial charge in [-0.25, -0.2) is 8.78 Å². The number of hydrogen-bond acceptors (Lipinski definition) is 2. The molecule has 104 valence electrons. The van der Waals surface area contributed by atoms with Crippen LogP contribution in [0.5, 0.6) is 0 Å². The van der Waals surface area contributed by atoms with Crippen LogP contribution in [0.25, 0.3) is 0 Å². The lowest BCUT2D eigenvalue weighted by Gasteiger charge is -2.19. The minimum atomic E-state index is -2.40. The van der Waals surface area contributed by atoms with Crippen LogP contribution in [0, 0.1) is 5.92 Å². The zero-order chi connectivity index (χ0) is 13.2. The number of ether oxygens (including phenoxy) is 1. The van der Waals surface area contributed by atoms with Gasteiger partial charge >= 0.3 is 0 Å². The molecule has 0 amide bonds. The van der Waals surface area contributed by atoms with Crippen LogP contribution in [0.2, 0.25) is 0 Å². The molecular weight excluding hydrogens is 248 g/mol. The van der Waals surface area contributed by atoms with Gasteiger partial charge in [0.25, 0.3) is 6.43 Å². The molecule has 4 heteroatoms. The molecule has 0 spiro atoms. The van der Waals surface area contributed by atoms with E-state index in [1.54, 1.807) is 12.1 Å². The zero-order valence-corrected chi connectivity index (χ0v) is 10.8. The Balaban J connectivity index is 1.65. The van der Waals surface area contributed by atoms with Gasteiger partial charge in [0.05, 0.1) is 6.10 Å². The van der Waals surface area contributed by atoms with Gasteiger partial charge < -0.3 is 10.1 Å². The number of benzene rings is 1. The van der Waals surface area contributed by atoms with Gasteiger partial charge in [0, 0.05) is 30.7 Å². The standard InChI is InChI=1S/C15H19F2NO/c16-15(17)11-3-1-10(2-4-11)14-12(7-8-19-14)9-18-13-5-6-13/h1-4,12-15,18H,5-9H2. The third kappa shape index (κ3) is 3.12. The lowest BCUT2D eigenvalue weighted by molar-refractivity contribution is 0.0902. The molecule has 1 N–H and O–H groups in total. The van der Waals surface area contributed by atoms with E-state index in [0.29, 0.717) is 12.0 Å². The van der Waals surface area contributed by atoms with Crippen molar-refractivity contribution < 1.29 is 13.5 Å². The smallest absolute Gasteiger partial charge is 0.263 e. The van der Waals surface area contributed by atoms with Crippen molar-refractivity contribution in [2.24, 2.45) is 5.92 Å². The van der Waals surface area contributed by atoms with E-state index >= 15 is 0 Å². The van der Waals surface area contributed by atoms with E-state index in [0.717, 1.165) is 25.1 Å². The predicted octanol–water partition coefficient (Wildman–Crippen LogP) is 3.45. The highest BCUT2D eigenvalue weighted by molar-refractivity contribution is 5.26. The Kier molecular flexibility index (Phi) is 3.80. The van der Waals surface area contributed by atoms with Crippen LogP contribution in [-0.4, -0.2) is 19.2 Å². The summed E-state index contributed by atoms with van der Waals surface area (Å²) in [6, 6.07) is 7.27. The van der Waals surface area contributed by atoms with Gasteiger partial charge in [-0.3, -0.25) is 0 Å². The first kappa shape index (κ1) is 13.0. The van der Waals surface area contributed by atoms with Crippen molar-refractivity contribution in [3.05, 3.63) is 35.4 Å². The van der Waals surface area contributed by atoms with Crippen molar-refractivity contribution in [2.75, 3.05) is 13.2 Å². The first-order valence-corrected chi connectivity index (χ1v) is 6.97. The second-order valence-electron chi connectivity index (χ2n) is 5.49. The summed E-state index contributed by atoms with van der Waals surface area (Å²) in [7, 11) is 0. The SMILES string of the molecule is FC(F)c1ccc(C2OCCC2CNC2CC2)cc1. The first-order chi connectivity index (χ1) is 9.24. The summed E-state index contributed by atoms with van der Waals surface area (Å²) in [6.07, 6.45) is 1.26. The largest absolute Gasteiger partial charge is 0.373 e. The van der Waals surface area contributed by atoms with Crippen molar-refractivity contribution >= 4 is 0 Å². The highest BCUT2D eigenvalue weighted by Gasteiger charge is 2.31. The Labute approximate surface area is 112 Å². The summed E-state index contributed by atoms with van der Waals surface area (Å²) >= 11 is 0. The van der Waals surface area contributed by atoms with E-state index in [1.165, 1.54) is 25.0 Å². The summed E-state index contributed by atoms with van der Waals surface area (Å²) in [5.74, 6) is 0.456. The van der Waals surface area contributed by atoms with Crippen LogP contribution >= 0.6 is 0 Å². The van der Waals surface area contributed by atoms with Crippen molar-refractivity contribution in [3.63, 3.8) is 0 Å². The van der Waals surface area contributed by atoms with Crippen LogP contribution in [0.3, 0.4) is 0 Å². The third-order valence-corrected chi connectivity index (χ3v) is 3.98. The van der Waals surface area contributed by atoms with Crippen LogP contribution in [-0.2, 0) is 4.74 Å². The maximum absolute atomic E-state index is 12.5. The third-order valence-electron chi connectivity index (χ3n) is 3.98. The number of rotatable bonds is 5. The van der Waals surface area contributed by atoms with Crippen LogP contribution < -0.4 is 5.32 Å². The maximum atomic E-state index is 12.5. The summed E-state index contributed by atoms with van der Waals surface area (Å²) < 4.78 is 30.8. The highest BCUT2D eigenvalue weighted by Crippen LogP contribution is 2.35. The van der Waals surface area contributed by atoms with Crippen LogP contribution in [0.1, 0.15) is 42.9 Å². The molecule has 1 saturated heterocycles. The molecule has 1 aliphatic carbocycles. The minimum Gasteiger partial charge on any atom is -0.373 e. The molecule has 2 atom stereocenters. The zero-order valence-electron chi connectivity index (χ0n) is 10.8. The molecule has 1 saturated carbocycles. The minimum absolute atomic E-state index is 0.0537. The van der Waals surface area contributed by atoms with E-state index in [4.69, 9.17) is 4.74 Å². The average Bonchev–Trinajstić information content (AvgIpc) is 3.13. The summed E-state index contributed by atoms with van der Waals surface area (Å²) in [4.78, 5) is 0. The summed E-state index contributed by atoms with van der Waals surface area (Å²) in [6.45, 7) is 1.73. The van der Waals surface area contributed by atoms with Gasteiger partial charge in [-0.15, -0.1) is 0 Å². The fourth-order valence-corrected chi connectivity index (χ4v) is 2.65. The molecule has 2 nitrogen and oxygen atoms in total. The maximum Gasteiger partial charge on any atom is 0.263 e. The van der Waals surface area contributed by atoms with Gasteiger partial charge in [0.15, 0.2) is 0 Å². The molecule has 1 aromatic carbocycles. The Morgan fingerprint density at radius 3 is 2.53 bits per heavy atom. The van der Waals surface area contributed by atoms with E-state index in [1.807, 2.05) is 0 Å². The first-order valence-electron chi connectivity index (χ1n) is 6.97. The Bertz CT molecular complexity index is 417. The van der Waals surface area contributed by atoms with E-state index < -0.39 is 6.43 Å². The molecule has 0 radical (unpaired) electrons. The lowest BCUT2D eigenvalue weighted by atomic mass is 9.94. The lowest BCUT2D eigenvalue weighted by Crippen LogP contribution is -2.26. The molecule has 0 aromatic heterocycles. The molecule has 2 fully saturated rings. The molecular formula is C15H19F2NO. The van der Waals surface area contributed by atoms with Crippen molar-refractivity contribution in [3.8, 4) is 0 Å². The Hall–Kier alpha value is -1.00. The predicted molar refractivity (Wildman–Crippen MR) is 69.2 cm³/mol. The molecule has 2 unspecified atom stereocenters. The molecule has 1 aromatic rings. The summed E-state index contributed by atoms with van der Waals surface area (Å²) in [5.41, 5.74) is 1.10. The Morgan fingerprint density at radius 1 is 1.16 bits per heavy atom. The van der Waals surface area contributed by atoms with Crippen LogP contribution in [0.15, 0.2) is 24.3 Å². The molecule has 1 heterocycles. The second kappa shape index (κ2) is 5.55. The Morgan fingerprint density at radius 2 is 1.89 bits per heavy atom. The topological polar surface area (TPSA) is 21.3 Å². The fraction of sp³-hybridized carbons (Fsp3) is 0.600. The van der Waals surface area contributed by atoms with Gasteiger partial charge in [0.2, 0.25) is 0 Å². The van der Waals surface area contributed by atoms with E-state index in [2.05, 4.69) is 5.32 Å². The highest BCUT2D eigenvalue weighted by atomic mass is 19.3. The van der Waals surface area contributed by atoms with Gasteiger partial charge in [-0.1, -0.05) is 24.3 Å². The van der Waals surface area contributed by atoms with Gasteiger partial charge in [-0.05, 0) is 24.8 Å². The fourth-order valence-electron chi connectivity index (χ4n) is 2.65. The van der Waals surface area contributed by atoms with E-state index in [9.17, 15) is 8.78 Å². The van der Waals surface area contributed by atoms with E-state index in [-0.39, 0.29) is 11.7 Å². The number of nitrogens with one attached hydrogen (secondary N) is 1. The number of alkyl halides is 2. The average molecular weight is 267 g/mol. The molecule has 1 aliphatic heterocycles. The molecule has 3 rings (SSSR count). The monoisotopic (exact) mass is 267 g/mol. The molecule has 19 heavy (non-hydrogen) atoms. The number of halogens is 2. The molecule has 0 bridgehead atoms. The normalized spacial score (nSPS) is 27.1. The summed E-state index contributed by atoms with van der Waals surface area (Å²) in [5, 5.41) is 3.53.